The number of likely N-dealkylation sites (tertiary alicyclic amines) is 1. The molecule has 1 aliphatic heterocycles. The summed E-state index contributed by atoms with van der Waals surface area (Å²) in [5, 5.41) is 0. The molecule has 1 saturated heterocycles. The monoisotopic (exact) mass is 183 g/mol. The van der Waals surface area contributed by atoms with Crippen LogP contribution in [-0.2, 0) is 4.74 Å². The molecule has 0 aliphatic carbocycles. The van der Waals surface area contributed by atoms with Crippen LogP contribution in [0.3, 0.4) is 0 Å². The first kappa shape index (κ1) is 10.7. The van der Waals surface area contributed by atoms with E-state index in [1.807, 2.05) is 0 Å². The average Bonchev–Trinajstić information content (AvgIpc) is 2.12. The van der Waals surface area contributed by atoms with Crippen molar-refractivity contribution in [3.05, 3.63) is 12.2 Å². The second-order valence-corrected chi connectivity index (χ2v) is 3.86. The molecule has 1 unspecified atom stereocenters. The second-order valence-electron chi connectivity index (χ2n) is 3.86. The Morgan fingerprint density at radius 1 is 1.62 bits per heavy atom. The molecule has 76 valence electrons. The molecule has 1 heterocycles. The van der Waals surface area contributed by atoms with Gasteiger partial charge in [0.05, 0.1) is 6.61 Å². The quantitative estimate of drug-likeness (QED) is 0.617. The van der Waals surface area contributed by atoms with Crippen LogP contribution in [0.5, 0.6) is 0 Å². The highest BCUT2D eigenvalue weighted by molar-refractivity contribution is 5.05. The fourth-order valence-electron chi connectivity index (χ4n) is 1.93. The normalized spacial score (nSPS) is 25.1. The number of piperidine rings is 1. The molecule has 1 fully saturated rings. The highest BCUT2D eigenvalue weighted by atomic mass is 16.5. The van der Waals surface area contributed by atoms with Gasteiger partial charge in [-0.15, -0.1) is 0 Å². The first-order valence-corrected chi connectivity index (χ1v) is 5.16. The van der Waals surface area contributed by atoms with Crippen molar-refractivity contribution in [2.75, 3.05) is 33.4 Å². The predicted molar refractivity (Wildman–Crippen MR) is 55.9 cm³/mol. The van der Waals surface area contributed by atoms with E-state index in [2.05, 4.69) is 18.4 Å². The van der Waals surface area contributed by atoms with Gasteiger partial charge in [0.25, 0.3) is 0 Å². The van der Waals surface area contributed by atoms with Crippen molar-refractivity contribution >= 4 is 0 Å². The molecule has 0 N–H and O–H groups in total. The van der Waals surface area contributed by atoms with Gasteiger partial charge in [0.2, 0.25) is 0 Å². The first-order valence-electron chi connectivity index (χ1n) is 5.16. The zero-order valence-electron chi connectivity index (χ0n) is 8.88. The molecular weight excluding hydrogens is 162 g/mol. The van der Waals surface area contributed by atoms with Gasteiger partial charge in [0.1, 0.15) is 0 Å². The molecule has 1 aliphatic rings. The molecule has 13 heavy (non-hydrogen) atoms. The standard InChI is InChI=1S/C11H21NO/c1-4-6-12-7-5-10(2)11(8-12)9-13-3/h11H,2,4-9H2,1,3H3. The summed E-state index contributed by atoms with van der Waals surface area (Å²) in [5.74, 6) is 0.560. The van der Waals surface area contributed by atoms with E-state index in [1.54, 1.807) is 7.11 Å². The molecule has 0 aromatic rings. The summed E-state index contributed by atoms with van der Waals surface area (Å²) >= 11 is 0. The van der Waals surface area contributed by atoms with Crippen LogP contribution in [-0.4, -0.2) is 38.3 Å². The molecule has 0 amide bonds. The Bertz CT molecular complexity index is 167. The molecule has 0 spiro atoms. The molecular formula is C11H21NO. The Kier molecular flexibility index (Phi) is 4.46. The van der Waals surface area contributed by atoms with Crippen LogP contribution in [0.15, 0.2) is 12.2 Å². The van der Waals surface area contributed by atoms with Gasteiger partial charge in [0.15, 0.2) is 0 Å². The van der Waals surface area contributed by atoms with Gasteiger partial charge in [-0.2, -0.15) is 0 Å². The van der Waals surface area contributed by atoms with Crippen LogP contribution in [0.25, 0.3) is 0 Å². The van der Waals surface area contributed by atoms with Crippen molar-refractivity contribution in [2.45, 2.75) is 19.8 Å². The van der Waals surface area contributed by atoms with Crippen LogP contribution in [0.1, 0.15) is 19.8 Å². The Labute approximate surface area is 81.6 Å². The Hall–Kier alpha value is -0.340. The third-order valence-corrected chi connectivity index (χ3v) is 2.71. The summed E-state index contributed by atoms with van der Waals surface area (Å²) in [7, 11) is 1.77. The summed E-state index contributed by atoms with van der Waals surface area (Å²) in [6.07, 6.45) is 2.39. The second kappa shape index (κ2) is 5.40. The van der Waals surface area contributed by atoms with Gasteiger partial charge in [0, 0.05) is 26.1 Å². The third kappa shape index (κ3) is 3.12. The average molecular weight is 183 g/mol. The molecule has 1 rings (SSSR count). The summed E-state index contributed by atoms with van der Waals surface area (Å²) in [6, 6.07) is 0. The predicted octanol–water partition coefficient (Wildman–Crippen LogP) is 1.92. The fourth-order valence-corrected chi connectivity index (χ4v) is 1.93. The molecule has 0 bridgehead atoms. The number of rotatable bonds is 4. The van der Waals surface area contributed by atoms with E-state index in [4.69, 9.17) is 4.74 Å². The van der Waals surface area contributed by atoms with E-state index in [1.165, 1.54) is 25.1 Å². The SMILES string of the molecule is C=C1CCN(CCC)CC1COC. The minimum Gasteiger partial charge on any atom is -0.384 e. The molecule has 0 aromatic heterocycles. The van der Waals surface area contributed by atoms with E-state index < -0.39 is 0 Å². The van der Waals surface area contributed by atoms with E-state index in [-0.39, 0.29) is 0 Å². The van der Waals surface area contributed by atoms with Crippen molar-refractivity contribution in [3.63, 3.8) is 0 Å². The van der Waals surface area contributed by atoms with Crippen molar-refractivity contribution in [1.29, 1.82) is 0 Å². The van der Waals surface area contributed by atoms with Crippen LogP contribution in [0, 0.1) is 5.92 Å². The summed E-state index contributed by atoms with van der Waals surface area (Å²) < 4.78 is 5.19. The number of nitrogens with zero attached hydrogens (tertiary/aromatic N) is 1. The lowest BCUT2D eigenvalue weighted by Crippen LogP contribution is -2.38. The lowest BCUT2D eigenvalue weighted by atomic mass is 9.93. The van der Waals surface area contributed by atoms with Crippen LogP contribution < -0.4 is 0 Å². The van der Waals surface area contributed by atoms with Crippen molar-refractivity contribution < 1.29 is 4.74 Å². The van der Waals surface area contributed by atoms with Gasteiger partial charge in [-0.05, 0) is 19.4 Å². The van der Waals surface area contributed by atoms with Crippen molar-refractivity contribution in [3.8, 4) is 0 Å². The van der Waals surface area contributed by atoms with Crippen LogP contribution in [0.2, 0.25) is 0 Å². The molecule has 0 aromatic carbocycles. The highest BCUT2D eigenvalue weighted by Crippen LogP contribution is 2.21. The Balaban J connectivity index is 2.38. The van der Waals surface area contributed by atoms with Crippen molar-refractivity contribution in [2.24, 2.45) is 5.92 Å². The van der Waals surface area contributed by atoms with E-state index >= 15 is 0 Å². The van der Waals surface area contributed by atoms with E-state index in [0.29, 0.717) is 5.92 Å². The Morgan fingerprint density at radius 2 is 2.38 bits per heavy atom. The van der Waals surface area contributed by atoms with E-state index in [0.717, 1.165) is 19.6 Å². The van der Waals surface area contributed by atoms with Crippen LogP contribution in [0.4, 0.5) is 0 Å². The number of hydrogen-bond donors (Lipinski definition) is 0. The minimum atomic E-state index is 0.560. The van der Waals surface area contributed by atoms with Crippen LogP contribution >= 0.6 is 0 Å². The molecule has 2 nitrogen and oxygen atoms in total. The topological polar surface area (TPSA) is 12.5 Å². The van der Waals surface area contributed by atoms with Gasteiger partial charge >= 0.3 is 0 Å². The van der Waals surface area contributed by atoms with Gasteiger partial charge in [-0.3, -0.25) is 0 Å². The zero-order chi connectivity index (χ0) is 9.68. The summed E-state index contributed by atoms with van der Waals surface area (Å²) in [5.41, 5.74) is 1.37. The van der Waals surface area contributed by atoms with Crippen molar-refractivity contribution in [1.82, 2.24) is 4.90 Å². The zero-order valence-corrected chi connectivity index (χ0v) is 8.88. The minimum absolute atomic E-state index is 0.560. The maximum atomic E-state index is 5.19. The Morgan fingerprint density at radius 3 is 3.00 bits per heavy atom. The smallest absolute Gasteiger partial charge is 0.0539 e. The van der Waals surface area contributed by atoms with Gasteiger partial charge in [-0.1, -0.05) is 19.1 Å². The third-order valence-electron chi connectivity index (χ3n) is 2.71. The molecule has 1 atom stereocenters. The maximum Gasteiger partial charge on any atom is 0.0539 e. The summed E-state index contributed by atoms with van der Waals surface area (Å²) in [6.45, 7) is 10.7. The molecule has 0 saturated carbocycles. The highest BCUT2D eigenvalue weighted by Gasteiger charge is 2.21. The first-order chi connectivity index (χ1) is 6.27. The van der Waals surface area contributed by atoms with Gasteiger partial charge in [-0.25, -0.2) is 0 Å². The summed E-state index contributed by atoms with van der Waals surface area (Å²) in [4.78, 5) is 2.51. The maximum absolute atomic E-state index is 5.19. The lowest BCUT2D eigenvalue weighted by Gasteiger charge is -2.33. The number of methoxy groups -OCH3 is 1. The number of ether oxygens (including phenoxy) is 1. The van der Waals surface area contributed by atoms with E-state index in [9.17, 15) is 0 Å². The molecule has 2 heteroatoms. The van der Waals surface area contributed by atoms with Gasteiger partial charge < -0.3 is 9.64 Å². The number of hydrogen-bond acceptors (Lipinski definition) is 2. The largest absolute Gasteiger partial charge is 0.384 e. The fraction of sp³-hybridized carbons (Fsp3) is 0.818. The lowest BCUT2D eigenvalue weighted by molar-refractivity contribution is 0.120. The molecule has 0 radical (unpaired) electrons.